The Morgan fingerprint density at radius 3 is 2.80 bits per heavy atom. The van der Waals surface area contributed by atoms with Crippen molar-refractivity contribution in [3.8, 4) is 0 Å². The standard InChI is InChI=1S/C13H18N2/c1-8(2)9-3-4-11-10(5-9)13(7-15-11)6-12(13)14/h3-5,8,12,15H,6-7,14H2,1-2H3. The van der Waals surface area contributed by atoms with E-state index in [0.717, 1.165) is 13.0 Å². The molecule has 1 fully saturated rings. The summed E-state index contributed by atoms with van der Waals surface area (Å²) in [6, 6.07) is 7.16. The van der Waals surface area contributed by atoms with Crippen molar-refractivity contribution in [2.75, 3.05) is 11.9 Å². The van der Waals surface area contributed by atoms with E-state index in [0.29, 0.717) is 12.0 Å². The van der Waals surface area contributed by atoms with E-state index in [1.54, 1.807) is 0 Å². The van der Waals surface area contributed by atoms with Gasteiger partial charge in [0.05, 0.1) is 0 Å². The van der Waals surface area contributed by atoms with Gasteiger partial charge in [-0.1, -0.05) is 26.0 Å². The molecule has 3 N–H and O–H groups in total. The zero-order valence-corrected chi connectivity index (χ0v) is 9.38. The first-order chi connectivity index (χ1) is 7.13. The minimum atomic E-state index is 0.278. The summed E-state index contributed by atoms with van der Waals surface area (Å²) in [5, 5.41) is 3.47. The normalized spacial score (nSPS) is 31.9. The zero-order chi connectivity index (χ0) is 10.6. The van der Waals surface area contributed by atoms with E-state index in [4.69, 9.17) is 5.73 Å². The Kier molecular flexibility index (Phi) is 1.70. The third kappa shape index (κ3) is 1.14. The van der Waals surface area contributed by atoms with Crippen molar-refractivity contribution in [2.45, 2.75) is 37.6 Å². The van der Waals surface area contributed by atoms with Gasteiger partial charge in [-0.25, -0.2) is 0 Å². The molecule has 1 aromatic rings. The summed E-state index contributed by atoms with van der Waals surface area (Å²) in [6.07, 6.45) is 1.15. The fourth-order valence-corrected chi connectivity index (χ4v) is 2.68. The number of nitrogens with one attached hydrogen (secondary N) is 1. The lowest BCUT2D eigenvalue weighted by atomic mass is 9.92. The first kappa shape index (κ1) is 9.22. The number of benzene rings is 1. The molecule has 80 valence electrons. The highest BCUT2D eigenvalue weighted by Gasteiger charge is 2.56. The number of rotatable bonds is 1. The van der Waals surface area contributed by atoms with E-state index in [1.807, 2.05) is 0 Å². The third-order valence-electron chi connectivity index (χ3n) is 3.97. The molecule has 0 amide bonds. The average molecular weight is 202 g/mol. The lowest BCUT2D eigenvalue weighted by Gasteiger charge is -2.11. The summed E-state index contributed by atoms with van der Waals surface area (Å²) >= 11 is 0. The van der Waals surface area contributed by atoms with Crippen molar-refractivity contribution in [3.63, 3.8) is 0 Å². The highest BCUT2D eigenvalue weighted by Crippen LogP contribution is 2.53. The molecule has 1 heterocycles. The number of fused-ring (bicyclic) bond motifs is 2. The summed E-state index contributed by atoms with van der Waals surface area (Å²) in [5.74, 6) is 0.600. The topological polar surface area (TPSA) is 38.0 Å². The molecule has 0 aromatic heterocycles. The van der Waals surface area contributed by atoms with E-state index >= 15 is 0 Å². The maximum atomic E-state index is 6.06. The van der Waals surface area contributed by atoms with Crippen LogP contribution < -0.4 is 11.1 Å². The second kappa shape index (κ2) is 2.76. The summed E-state index contributed by atoms with van der Waals surface area (Å²) in [7, 11) is 0. The van der Waals surface area contributed by atoms with Crippen molar-refractivity contribution >= 4 is 5.69 Å². The Bertz CT molecular complexity index is 411. The van der Waals surface area contributed by atoms with Crippen LogP contribution in [-0.4, -0.2) is 12.6 Å². The Morgan fingerprint density at radius 1 is 1.47 bits per heavy atom. The molecule has 1 aliphatic heterocycles. The smallest absolute Gasteiger partial charge is 0.0380 e. The van der Waals surface area contributed by atoms with Gasteiger partial charge in [0.1, 0.15) is 0 Å². The third-order valence-corrected chi connectivity index (χ3v) is 3.97. The Labute approximate surface area is 90.9 Å². The van der Waals surface area contributed by atoms with E-state index in [9.17, 15) is 0 Å². The Morgan fingerprint density at radius 2 is 2.20 bits per heavy atom. The van der Waals surface area contributed by atoms with Gasteiger partial charge in [-0.2, -0.15) is 0 Å². The van der Waals surface area contributed by atoms with Crippen molar-refractivity contribution < 1.29 is 0 Å². The highest BCUT2D eigenvalue weighted by atomic mass is 15.0. The second-order valence-electron chi connectivity index (χ2n) is 5.28. The molecule has 2 nitrogen and oxygen atoms in total. The monoisotopic (exact) mass is 202 g/mol. The quantitative estimate of drug-likeness (QED) is 0.732. The van der Waals surface area contributed by atoms with Gasteiger partial charge < -0.3 is 11.1 Å². The SMILES string of the molecule is CC(C)c1ccc2c(c1)C1(CN2)CC1N. The predicted molar refractivity (Wildman–Crippen MR) is 63.3 cm³/mol. The minimum absolute atomic E-state index is 0.278. The van der Waals surface area contributed by atoms with Crippen LogP contribution in [0.1, 0.15) is 37.3 Å². The number of hydrogen-bond acceptors (Lipinski definition) is 2. The Balaban J connectivity index is 2.07. The molecular weight excluding hydrogens is 184 g/mol. The fraction of sp³-hybridized carbons (Fsp3) is 0.538. The van der Waals surface area contributed by atoms with Crippen LogP contribution in [0.15, 0.2) is 18.2 Å². The highest BCUT2D eigenvalue weighted by molar-refractivity contribution is 5.65. The molecule has 2 aliphatic rings. The van der Waals surface area contributed by atoms with Gasteiger partial charge in [0.15, 0.2) is 0 Å². The van der Waals surface area contributed by atoms with Gasteiger partial charge in [0.25, 0.3) is 0 Å². The molecule has 1 aromatic carbocycles. The molecule has 2 heteroatoms. The molecule has 0 radical (unpaired) electrons. The lowest BCUT2D eigenvalue weighted by molar-refractivity contribution is 0.730. The van der Waals surface area contributed by atoms with Gasteiger partial charge in [-0.05, 0) is 29.5 Å². The number of anilines is 1. The van der Waals surface area contributed by atoms with Crippen LogP contribution in [0, 0.1) is 0 Å². The zero-order valence-electron chi connectivity index (χ0n) is 9.38. The van der Waals surface area contributed by atoms with Crippen molar-refractivity contribution in [3.05, 3.63) is 29.3 Å². The van der Waals surface area contributed by atoms with Crippen LogP contribution in [0.4, 0.5) is 5.69 Å². The molecule has 3 rings (SSSR count). The van der Waals surface area contributed by atoms with Crippen LogP contribution in [0.5, 0.6) is 0 Å². The van der Waals surface area contributed by atoms with E-state index in [2.05, 4.69) is 37.4 Å². The van der Waals surface area contributed by atoms with Crippen molar-refractivity contribution in [1.82, 2.24) is 0 Å². The minimum Gasteiger partial charge on any atom is -0.384 e. The van der Waals surface area contributed by atoms with Crippen LogP contribution in [-0.2, 0) is 5.41 Å². The number of hydrogen-bond donors (Lipinski definition) is 2. The first-order valence-corrected chi connectivity index (χ1v) is 5.77. The molecule has 0 saturated heterocycles. The van der Waals surface area contributed by atoms with Crippen molar-refractivity contribution in [1.29, 1.82) is 0 Å². The molecule has 1 spiro atoms. The van der Waals surface area contributed by atoms with Gasteiger partial charge in [-0.15, -0.1) is 0 Å². The first-order valence-electron chi connectivity index (χ1n) is 5.77. The summed E-state index contributed by atoms with van der Waals surface area (Å²) in [4.78, 5) is 0. The van der Waals surface area contributed by atoms with Crippen LogP contribution in [0.3, 0.4) is 0 Å². The molecule has 0 bridgehead atoms. The van der Waals surface area contributed by atoms with Gasteiger partial charge in [0.2, 0.25) is 0 Å². The summed E-state index contributed by atoms with van der Waals surface area (Å²) < 4.78 is 0. The predicted octanol–water partition coefficient (Wildman–Crippen LogP) is 2.20. The summed E-state index contributed by atoms with van der Waals surface area (Å²) in [5.41, 5.74) is 10.5. The van der Waals surface area contributed by atoms with E-state index in [1.165, 1.54) is 16.8 Å². The van der Waals surface area contributed by atoms with Crippen LogP contribution in [0.25, 0.3) is 0 Å². The van der Waals surface area contributed by atoms with Crippen LogP contribution >= 0.6 is 0 Å². The maximum Gasteiger partial charge on any atom is 0.0380 e. The molecule has 15 heavy (non-hydrogen) atoms. The fourth-order valence-electron chi connectivity index (χ4n) is 2.68. The average Bonchev–Trinajstić information content (AvgIpc) is 2.70. The van der Waals surface area contributed by atoms with Crippen LogP contribution in [0.2, 0.25) is 0 Å². The molecule has 2 atom stereocenters. The number of nitrogens with two attached hydrogens (primary N) is 1. The summed E-state index contributed by atoms with van der Waals surface area (Å²) in [6.45, 7) is 5.51. The Hall–Kier alpha value is -1.02. The van der Waals surface area contributed by atoms with Gasteiger partial charge >= 0.3 is 0 Å². The van der Waals surface area contributed by atoms with Gasteiger partial charge in [0, 0.05) is 23.7 Å². The second-order valence-corrected chi connectivity index (χ2v) is 5.28. The van der Waals surface area contributed by atoms with E-state index < -0.39 is 0 Å². The largest absolute Gasteiger partial charge is 0.384 e. The van der Waals surface area contributed by atoms with Crippen molar-refractivity contribution in [2.24, 2.45) is 5.73 Å². The molecule has 1 saturated carbocycles. The van der Waals surface area contributed by atoms with E-state index in [-0.39, 0.29) is 5.41 Å². The lowest BCUT2D eigenvalue weighted by Crippen LogP contribution is -2.20. The molecular formula is C13H18N2. The maximum absolute atomic E-state index is 6.06. The molecule has 1 aliphatic carbocycles. The molecule has 2 unspecified atom stereocenters. The van der Waals surface area contributed by atoms with Gasteiger partial charge in [-0.3, -0.25) is 0 Å².